The first-order valence-electron chi connectivity index (χ1n) is 5.85. The number of amides is 1. The Labute approximate surface area is 109 Å². The highest BCUT2D eigenvalue weighted by molar-refractivity contribution is 5.96. The maximum Gasteiger partial charge on any atom is 0.243 e. The van der Waals surface area contributed by atoms with E-state index < -0.39 is 0 Å². The van der Waals surface area contributed by atoms with E-state index in [0.717, 1.165) is 25.1 Å². The molecule has 2 rings (SSSR count). The molecule has 1 aliphatic heterocycles. The molecule has 1 aliphatic rings. The second-order valence-corrected chi connectivity index (χ2v) is 4.24. The minimum absolute atomic E-state index is 0. The number of anilines is 1. The second-order valence-electron chi connectivity index (χ2n) is 4.24. The van der Waals surface area contributed by atoms with Gasteiger partial charge in [-0.05, 0) is 31.5 Å². The van der Waals surface area contributed by atoms with Crippen LogP contribution in [0.1, 0.15) is 19.3 Å². The summed E-state index contributed by atoms with van der Waals surface area (Å²) in [4.78, 5) is 13.9. The number of hydrogen-bond acceptors (Lipinski definition) is 2. The zero-order valence-corrected chi connectivity index (χ0v) is 10.9. The highest BCUT2D eigenvalue weighted by Gasteiger charge is 2.23. The molecule has 3 nitrogen and oxygen atoms in total. The van der Waals surface area contributed by atoms with Crippen molar-refractivity contribution in [3.05, 3.63) is 30.3 Å². The van der Waals surface area contributed by atoms with E-state index in [-0.39, 0.29) is 24.4 Å². The number of halogens is 1. The van der Waals surface area contributed by atoms with E-state index in [1.165, 1.54) is 6.42 Å². The smallest absolute Gasteiger partial charge is 0.243 e. The molecule has 0 saturated carbocycles. The van der Waals surface area contributed by atoms with Crippen molar-refractivity contribution in [3.8, 4) is 0 Å². The van der Waals surface area contributed by atoms with Gasteiger partial charge < -0.3 is 10.2 Å². The topological polar surface area (TPSA) is 32.3 Å². The molecule has 0 aromatic heterocycles. The molecule has 1 heterocycles. The van der Waals surface area contributed by atoms with Crippen LogP contribution in [0.15, 0.2) is 30.3 Å². The fraction of sp³-hybridized carbons (Fsp3) is 0.462. The van der Waals surface area contributed by atoms with Gasteiger partial charge in [-0.3, -0.25) is 4.79 Å². The van der Waals surface area contributed by atoms with Gasteiger partial charge >= 0.3 is 0 Å². The molecule has 4 heteroatoms. The van der Waals surface area contributed by atoms with Crippen LogP contribution in [0.2, 0.25) is 0 Å². The van der Waals surface area contributed by atoms with Crippen molar-refractivity contribution in [1.82, 2.24) is 5.32 Å². The van der Waals surface area contributed by atoms with Crippen LogP contribution in [0.25, 0.3) is 0 Å². The number of nitrogens with zero attached hydrogens (tertiary/aromatic N) is 1. The lowest BCUT2D eigenvalue weighted by Crippen LogP contribution is -2.47. The van der Waals surface area contributed by atoms with E-state index in [2.05, 4.69) is 5.32 Å². The SMILES string of the molecule is CN(C(=O)C1CCCCN1)c1ccccc1.Cl. The average molecular weight is 255 g/mol. The van der Waals surface area contributed by atoms with Gasteiger partial charge in [0.2, 0.25) is 5.91 Å². The van der Waals surface area contributed by atoms with Crippen LogP contribution in [0.5, 0.6) is 0 Å². The lowest BCUT2D eigenvalue weighted by Gasteiger charge is -2.27. The summed E-state index contributed by atoms with van der Waals surface area (Å²) < 4.78 is 0. The quantitative estimate of drug-likeness (QED) is 0.878. The molecule has 0 radical (unpaired) electrons. The number of hydrogen-bond donors (Lipinski definition) is 1. The Bertz CT molecular complexity index is 350. The molecule has 1 atom stereocenters. The first-order chi connectivity index (χ1) is 7.79. The molecule has 17 heavy (non-hydrogen) atoms. The minimum atomic E-state index is -0.000967. The molecule has 1 aromatic carbocycles. The molecule has 1 aromatic rings. The zero-order chi connectivity index (χ0) is 11.4. The fourth-order valence-corrected chi connectivity index (χ4v) is 2.08. The zero-order valence-electron chi connectivity index (χ0n) is 10.1. The standard InChI is InChI=1S/C13H18N2O.ClH/c1-15(11-7-3-2-4-8-11)13(16)12-9-5-6-10-14-12;/h2-4,7-8,12,14H,5-6,9-10H2,1H3;1H. The third kappa shape index (κ3) is 3.45. The number of nitrogens with one attached hydrogen (secondary N) is 1. The van der Waals surface area contributed by atoms with Crippen LogP contribution < -0.4 is 10.2 Å². The highest BCUT2D eigenvalue weighted by atomic mass is 35.5. The molecule has 1 unspecified atom stereocenters. The van der Waals surface area contributed by atoms with Crippen LogP contribution in [0.4, 0.5) is 5.69 Å². The molecular formula is C13H19ClN2O. The number of likely N-dealkylation sites (N-methyl/N-ethyl adjacent to an activating group) is 1. The summed E-state index contributed by atoms with van der Waals surface area (Å²) in [5.74, 6) is 0.172. The van der Waals surface area contributed by atoms with Gasteiger partial charge in [-0.25, -0.2) is 0 Å². The van der Waals surface area contributed by atoms with Crippen LogP contribution in [-0.4, -0.2) is 25.5 Å². The summed E-state index contributed by atoms with van der Waals surface area (Å²) in [6.07, 6.45) is 3.28. The molecule has 0 aliphatic carbocycles. The largest absolute Gasteiger partial charge is 0.314 e. The fourth-order valence-electron chi connectivity index (χ4n) is 2.08. The van der Waals surface area contributed by atoms with Crippen LogP contribution in [-0.2, 0) is 4.79 Å². The van der Waals surface area contributed by atoms with Crippen molar-refractivity contribution in [1.29, 1.82) is 0 Å². The van der Waals surface area contributed by atoms with Gasteiger partial charge in [0.05, 0.1) is 6.04 Å². The van der Waals surface area contributed by atoms with Crippen LogP contribution in [0.3, 0.4) is 0 Å². The van der Waals surface area contributed by atoms with Crippen molar-refractivity contribution in [3.63, 3.8) is 0 Å². The van der Waals surface area contributed by atoms with Crippen LogP contribution >= 0.6 is 12.4 Å². The van der Waals surface area contributed by atoms with Gasteiger partial charge in [-0.15, -0.1) is 12.4 Å². The lowest BCUT2D eigenvalue weighted by molar-refractivity contribution is -0.120. The van der Waals surface area contributed by atoms with E-state index in [9.17, 15) is 4.79 Å². The predicted molar refractivity (Wildman–Crippen MR) is 72.7 cm³/mol. The van der Waals surface area contributed by atoms with Gasteiger partial charge in [-0.1, -0.05) is 24.6 Å². The maximum absolute atomic E-state index is 12.2. The Kier molecular flexibility index (Phi) is 5.45. The Morgan fingerprint density at radius 2 is 2.00 bits per heavy atom. The maximum atomic E-state index is 12.2. The van der Waals surface area contributed by atoms with Gasteiger partial charge in [0.15, 0.2) is 0 Å². The molecule has 1 saturated heterocycles. The number of para-hydroxylation sites is 1. The Morgan fingerprint density at radius 1 is 1.29 bits per heavy atom. The van der Waals surface area contributed by atoms with Gasteiger partial charge in [-0.2, -0.15) is 0 Å². The summed E-state index contributed by atoms with van der Waals surface area (Å²) >= 11 is 0. The van der Waals surface area contributed by atoms with Crippen molar-refractivity contribution >= 4 is 24.0 Å². The van der Waals surface area contributed by atoms with Crippen molar-refractivity contribution < 1.29 is 4.79 Å². The Morgan fingerprint density at radius 3 is 2.59 bits per heavy atom. The molecule has 1 fully saturated rings. The first-order valence-corrected chi connectivity index (χ1v) is 5.85. The van der Waals surface area contributed by atoms with E-state index in [4.69, 9.17) is 0 Å². The molecule has 0 spiro atoms. The summed E-state index contributed by atoms with van der Waals surface area (Å²) in [6.45, 7) is 0.957. The van der Waals surface area contributed by atoms with E-state index in [1.54, 1.807) is 4.90 Å². The van der Waals surface area contributed by atoms with Gasteiger partial charge in [0.25, 0.3) is 0 Å². The highest BCUT2D eigenvalue weighted by Crippen LogP contribution is 2.15. The van der Waals surface area contributed by atoms with Gasteiger partial charge in [0.1, 0.15) is 0 Å². The van der Waals surface area contributed by atoms with E-state index in [1.807, 2.05) is 37.4 Å². The van der Waals surface area contributed by atoms with Crippen molar-refractivity contribution in [2.45, 2.75) is 25.3 Å². The Balaban J connectivity index is 0.00000144. The molecular weight excluding hydrogens is 236 g/mol. The van der Waals surface area contributed by atoms with Crippen molar-refractivity contribution in [2.24, 2.45) is 0 Å². The second kappa shape index (κ2) is 6.62. The lowest BCUT2D eigenvalue weighted by atomic mass is 10.0. The molecule has 94 valence electrons. The third-order valence-corrected chi connectivity index (χ3v) is 3.08. The molecule has 0 bridgehead atoms. The summed E-state index contributed by atoms with van der Waals surface area (Å²) in [5, 5.41) is 3.28. The molecule has 1 N–H and O–H groups in total. The number of piperidine rings is 1. The van der Waals surface area contributed by atoms with Crippen LogP contribution in [0, 0.1) is 0 Å². The number of rotatable bonds is 2. The van der Waals surface area contributed by atoms with E-state index >= 15 is 0 Å². The summed E-state index contributed by atoms with van der Waals surface area (Å²) in [5.41, 5.74) is 0.958. The molecule has 1 amide bonds. The predicted octanol–water partition coefficient (Wildman–Crippen LogP) is 2.21. The number of carbonyl (C=O) groups excluding carboxylic acids is 1. The summed E-state index contributed by atoms with van der Waals surface area (Å²) in [7, 11) is 1.84. The Hall–Kier alpha value is -1.06. The van der Waals surface area contributed by atoms with Crippen molar-refractivity contribution in [2.75, 3.05) is 18.5 Å². The van der Waals surface area contributed by atoms with E-state index in [0.29, 0.717) is 0 Å². The van der Waals surface area contributed by atoms with Gasteiger partial charge in [0, 0.05) is 12.7 Å². The average Bonchev–Trinajstić information content (AvgIpc) is 2.39. The first kappa shape index (κ1) is 14.0. The normalized spacial score (nSPS) is 19.2. The monoisotopic (exact) mass is 254 g/mol. The third-order valence-electron chi connectivity index (χ3n) is 3.08. The minimum Gasteiger partial charge on any atom is -0.314 e. The number of carbonyl (C=O) groups is 1. The summed E-state index contributed by atoms with van der Waals surface area (Å²) in [6, 6.07) is 9.78. The number of benzene rings is 1.